The van der Waals surface area contributed by atoms with E-state index >= 15 is 0 Å². The average Bonchev–Trinajstić information content (AvgIpc) is 2.26. The van der Waals surface area contributed by atoms with Crippen molar-refractivity contribution in [1.29, 1.82) is 0 Å². The van der Waals surface area contributed by atoms with E-state index in [-0.39, 0.29) is 6.04 Å². The summed E-state index contributed by atoms with van der Waals surface area (Å²) in [6, 6.07) is 3.82. The Bertz CT molecular complexity index is 323. The van der Waals surface area contributed by atoms with Crippen LogP contribution in [-0.4, -0.2) is 36.5 Å². The molecule has 1 aromatic rings. The molecule has 0 aliphatic heterocycles. The second-order valence-electron chi connectivity index (χ2n) is 3.65. The lowest BCUT2D eigenvalue weighted by Crippen LogP contribution is -2.31. The average molecular weight is 245 g/mol. The first-order valence-corrected chi connectivity index (χ1v) is 5.53. The number of aliphatic hydroxyl groups is 1. The highest BCUT2D eigenvalue weighted by Gasteiger charge is 2.08. The van der Waals surface area contributed by atoms with Crippen LogP contribution in [0.15, 0.2) is 18.3 Å². The molecule has 2 atom stereocenters. The summed E-state index contributed by atoms with van der Waals surface area (Å²) in [6.45, 7) is 2.82. The number of nitrogens with one attached hydrogen (secondary N) is 1. The van der Waals surface area contributed by atoms with Crippen molar-refractivity contribution >= 4 is 11.6 Å². The molecule has 1 aromatic heterocycles. The molecule has 16 heavy (non-hydrogen) atoms. The number of methoxy groups -OCH3 is 1. The number of halogens is 1. The van der Waals surface area contributed by atoms with E-state index in [0.29, 0.717) is 18.3 Å². The van der Waals surface area contributed by atoms with Crippen molar-refractivity contribution in [2.24, 2.45) is 0 Å². The smallest absolute Gasteiger partial charge is 0.129 e. The van der Waals surface area contributed by atoms with Gasteiger partial charge in [-0.2, -0.15) is 0 Å². The van der Waals surface area contributed by atoms with E-state index in [1.165, 1.54) is 0 Å². The van der Waals surface area contributed by atoms with Crippen molar-refractivity contribution in [2.75, 3.05) is 20.3 Å². The van der Waals surface area contributed by atoms with Crippen molar-refractivity contribution in [2.45, 2.75) is 19.1 Å². The summed E-state index contributed by atoms with van der Waals surface area (Å²) in [4.78, 5) is 3.92. The van der Waals surface area contributed by atoms with Gasteiger partial charge in [-0.1, -0.05) is 11.6 Å². The van der Waals surface area contributed by atoms with Gasteiger partial charge in [0, 0.05) is 25.9 Å². The van der Waals surface area contributed by atoms with Crippen LogP contribution in [0.25, 0.3) is 0 Å². The molecule has 4 nitrogen and oxygen atoms in total. The highest BCUT2D eigenvalue weighted by atomic mass is 35.5. The van der Waals surface area contributed by atoms with E-state index < -0.39 is 6.10 Å². The summed E-state index contributed by atoms with van der Waals surface area (Å²) in [5, 5.41) is 13.1. The third kappa shape index (κ3) is 4.45. The number of rotatable bonds is 6. The molecule has 2 N–H and O–H groups in total. The molecule has 2 unspecified atom stereocenters. The highest BCUT2D eigenvalue weighted by molar-refractivity contribution is 6.29. The summed E-state index contributed by atoms with van der Waals surface area (Å²) in [6.07, 6.45) is 1.17. The van der Waals surface area contributed by atoms with Crippen LogP contribution in [0.3, 0.4) is 0 Å². The first kappa shape index (κ1) is 13.4. The Morgan fingerprint density at radius 1 is 1.62 bits per heavy atom. The van der Waals surface area contributed by atoms with Gasteiger partial charge in [0.05, 0.1) is 12.7 Å². The third-order valence-corrected chi connectivity index (χ3v) is 2.48. The van der Waals surface area contributed by atoms with Crippen LogP contribution in [0, 0.1) is 0 Å². The number of aromatic nitrogens is 1. The van der Waals surface area contributed by atoms with Crippen LogP contribution >= 0.6 is 11.6 Å². The first-order valence-electron chi connectivity index (χ1n) is 5.15. The predicted molar refractivity (Wildman–Crippen MR) is 63.5 cm³/mol. The minimum absolute atomic E-state index is 0.118. The second kappa shape index (κ2) is 6.81. The highest BCUT2D eigenvalue weighted by Crippen LogP contribution is 2.14. The van der Waals surface area contributed by atoms with Crippen molar-refractivity contribution < 1.29 is 9.84 Å². The van der Waals surface area contributed by atoms with Crippen LogP contribution in [0.1, 0.15) is 18.5 Å². The Hall–Kier alpha value is -0.680. The molecule has 0 fully saturated rings. The summed E-state index contributed by atoms with van der Waals surface area (Å²) in [7, 11) is 1.56. The van der Waals surface area contributed by atoms with Crippen molar-refractivity contribution in [1.82, 2.24) is 10.3 Å². The molecule has 5 heteroatoms. The zero-order valence-electron chi connectivity index (χ0n) is 9.48. The number of pyridine rings is 1. The predicted octanol–water partition coefficient (Wildman–Crippen LogP) is 1.39. The number of ether oxygens (including phenoxy) is 1. The van der Waals surface area contributed by atoms with Gasteiger partial charge in [0.15, 0.2) is 0 Å². The number of nitrogens with zero attached hydrogens (tertiary/aromatic N) is 1. The minimum atomic E-state index is -0.496. The second-order valence-corrected chi connectivity index (χ2v) is 4.04. The molecule has 0 spiro atoms. The van der Waals surface area contributed by atoms with E-state index in [0.717, 1.165) is 5.56 Å². The normalized spacial score (nSPS) is 14.8. The Morgan fingerprint density at radius 2 is 2.38 bits per heavy atom. The molecule has 0 aliphatic rings. The van der Waals surface area contributed by atoms with Gasteiger partial charge in [0.25, 0.3) is 0 Å². The number of aliphatic hydroxyl groups excluding tert-OH is 1. The fourth-order valence-corrected chi connectivity index (χ4v) is 1.55. The maximum atomic E-state index is 9.47. The topological polar surface area (TPSA) is 54.4 Å². The molecule has 0 aromatic carbocycles. The van der Waals surface area contributed by atoms with E-state index in [4.69, 9.17) is 16.3 Å². The Kier molecular flexibility index (Phi) is 5.69. The van der Waals surface area contributed by atoms with E-state index in [1.807, 2.05) is 19.1 Å². The minimum Gasteiger partial charge on any atom is -0.389 e. The van der Waals surface area contributed by atoms with Gasteiger partial charge in [-0.3, -0.25) is 0 Å². The Labute approximate surface area is 101 Å². The van der Waals surface area contributed by atoms with Gasteiger partial charge in [-0.15, -0.1) is 0 Å². The molecule has 90 valence electrons. The van der Waals surface area contributed by atoms with Gasteiger partial charge < -0.3 is 15.2 Å². The van der Waals surface area contributed by atoms with Gasteiger partial charge in [-0.05, 0) is 24.6 Å². The molecular weight excluding hydrogens is 228 g/mol. The van der Waals surface area contributed by atoms with Gasteiger partial charge in [0.2, 0.25) is 0 Å². The van der Waals surface area contributed by atoms with Crippen LogP contribution in [0.4, 0.5) is 0 Å². The summed E-state index contributed by atoms with van der Waals surface area (Å²) >= 11 is 5.79. The van der Waals surface area contributed by atoms with Crippen molar-refractivity contribution in [3.63, 3.8) is 0 Å². The maximum absolute atomic E-state index is 9.47. The molecule has 0 amide bonds. The quantitative estimate of drug-likeness (QED) is 0.743. The Balaban J connectivity index is 2.43. The van der Waals surface area contributed by atoms with E-state index in [9.17, 15) is 5.11 Å². The fourth-order valence-electron chi connectivity index (χ4n) is 1.37. The van der Waals surface area contributed by atoms with E-state index in [2.05, 4.69) is 10.3 Å². The van der Waals surface area contributed by atoms with Gasteiger partial charge >= 0.3 is 0 Å². The lowest BCUT2D eigenvalue weighted by atomic mass is 10.1. The van der Waals surface area contributed by atoms with Crippen molar-refractivity contribution in [3.05, 3.63) is 29.0 Å². The molecule has 1 heterocycles. The van der Waals surface area contributed by atoms with Crippen LogP contribution in [0.5, 0.6) is 0 Å². The molecule has 0 saturated heterocycles. The van der Waals surface area contributed by atoms with Gasteiger partial charge in [-0.25, -0.2) is 4.98 Å². The number of hydrogen-bond acceptors (Lipinski definition) is 4. The SMILES string of the molecule is COCC(O)CNC(C)c1ccnc(Cl)c1. The molecule has 0 bridgehead atoms. The number of hydrogen-bond donors (Lipinski definition) is 2. The molecular formula is C11H17ClN2O2. The monoisotopic (exact) mass is 244 g/mol. The lowest BCUT2D eigenvalue weighted by molar-refractivity contribution is 0.0630. The summed E-state index contributed by atoms with van der Waals surface area (Å²) < 4.78 is 4.84. The van der Waals surface area contributed by atoms with Crippen LogP contribution in [0.2, 0.25) is 5.15 Å². The Morgan fingerprint density at radius 3 is 3.00 bits per heavy atom. The maximum Gasteiger partial charge on any atom is 0.129 e. The lowest BCUT2D eigenvalue weighted by Gasteiger charge is -2.17. The van der Waals surface area contributed by atoms with E-state index in [1.54, 1.807) is 13.3 Å². The van der Waals surface area contributed by atoms with Crippen LogP contribution < -0.4 is 5.32 Å². The molecule has 0 aliphatic carbocycles. The summed E-state index contributed by atoms with van der Waals surface area (Å²) in [5.74, 6) is 0. The van der Waals surface area contributed by atoms with Crippen LogP contribution in [-0.2, 0) is 4.74 Å². The third-order valence-electron chi connectivity index (χ3n) is 2.27. The zero-order valence-corrected chi connectivity index (χ0v) is 10.2. The largest absolute Gasteiger partial charge is 0.389 e. The zero-order chi connectivity index (χ0) is 12.0. The molecule has 1 rings (SSSR count). The molecule has 0 radical (unpaired) electrons. The van der Waals surface area contributed by atoms with Crippen molar-refractivity contribution in [3.8, 4) is 0 Å². The fraction of sp³-hybridized carbons (Fsp3) is 0.545. The first-order chi connectivity index (χ1) is 7.63. The summed E-state index contributed by atoms with van der Waals surface area (Å²) in [5.41, 5.74) is 1.05. The standard InChI is InChI=1S/C11H17ClN2O2/c1-8(14-6-10(15)7-16-2)9-3-4-13-11(12)5-9/h3-5,8,10,14-15H,6-7H2,1-2H3. The van der Waals surface area contributed by atoms with Gasteiger partial charge in [0.1, 0.15) is 5.15 Å². The molecule has 0 saturated carbocycles.